The number of phenolic OH excluding ortho intramolecular Hbond substituents is 1. The molecule has 0 unspecified atom stereocenters. The summed E-state index contributed by atoms with van der Waals surface area (Å²) in [5.74, 6) is 0.263. The lowest BCUT2D eigenvalue weighted by Gasteiger charge is -2.25. The van der Waals surface area contributed by atoms with Crippen molar-refractivity contribution in [3.05, 3.63) is 84.9 Å². The van der Waals surface area contributed by atoms with Crippen molar-refractivity contribution in [2.75, 3.05) is 12.0 Å². The second kappa shape index (κ2) is 9.00. The summed E-state index contributed by atoms with van der Waals surface area (Å²) in [5.41, 5.74) is 3.05. The van der Waals surface area contributed by atoms with Crippen LogP contribution in [0, 0.1) is 0 Å². The van der Waals surface area contributed by atoms with E-state index in [0.29, 0.717) is 0 Å². The van der Waals surface area contributed by atoms with Gasteiger partial charge in [-0.15, -0.1) is 0 Å². The van der Waals surface area contributed by atoms with E-state index in [9.17, 15) is 13.5 Å². The summed E-state index contributed by atoms with van der Waals surface area (Å²) in [5, 5.41) is 9.73. The van der Waals surface area contributed by atoms with E-state index in [-0.39, 0.29) is 5.75 Å². The molecule has 3 rings (SSSR count). The van der Waals surface area contributed by atoms with Gasteiger partial charge in [-0.3, -0.25) is 8.74 Å². The lowest BCUT2D eigenvalue weighted by Crippen LogP contribution is -2.09. The third-order valence-corrected chi connectivity index (χ3v) is 3.75. The smallest absolute Gasteiger partial charge is 0.397 e. The van der Waals surface area contributed by atoms with Crippen LogP contribution in [0.2, 0.25) is 0 Å². The molecule has 0 saturated carbocycles. The Hall–Kier alpha value is -2.87. The van der Waals surface area contributed by atoms with E-state index in [0.717, 1.165) is 24.2 Å². The van der Waals surface area contributed by atoms with Crippen molar-refractivity contribution in [2.45, 2.75) is 0 Å². The zero-order chi connectivity index (χ0) is 19.0. The third-order valence-electron chi connectivity index (χ3n) is 3.33. The molecule has 0 aliphatic heterocycles. The summed E-state index contributed by atoms with van der Waals surface area (Å²) in [7, 11) is -3.29. The van der Waals surface area contributed by atoms with Crippen LogP contribution in [0.1, 0.15) is 0 Å². The van der Waals surface area contributed by atoms with E-state index in [1.807, 2.05) is 48.5 Å². The molecule has 0 bridgehead atoms. The van der Waals surface area contributed by atoms with E-state index < -0.39 is 10.4 Å². The average molecular weight is 373 g/mol. The highest BCUT2D eigenvalue weighted by Gasteiger charge is 2.11. The predicted molar refractivity (Wildman–Crippen MR) is 101 cm³/mol. The largest absolute Gasteiger partial charge is 0.508 e. The van der Waals surface area contributed by atoms with E-state index in [4.69, 9.17) is 4.55 Å². The minimum atomic E-state index is -4.16. The zero-order valence-electron chi connectivity index (χ0n) is 14.1. The van der Waals surface area contributed by atoms with Gasteiger partial charge in [0, 0.05) is 23.1 Å². The van der Waals surface area contributed by atoms with Gasteiger partial charge in [0.1, 0.15) is 5.75 Å². The molecule has 0 saturated heterocycles. The summed E-state index contributed by atoms with van der Waals surface area (Å²) < 4.78 is 29.7. The van der Waals surface area contributed by atoms with Crippen LogP contribution in [0.15, 0.2) is 84.9 Å². The fraction of sp³-hybridized carbons (Fsp3) is 0.0526. The van der Waals surface area contributed by atoms with Crippen LogP contribution in [-0.2, 0) is 14.6 Å². The minimum absolute atomic E-state index is 0.263. The molecule has 0 amide bonds. The number of hydrogen-bond acceptors (Lipinski definition) is 5. The number of phenols is 1. The Morgan fingerprint density at radius 1 is 0.769 bits per heavy atom. The molecule has 3 aromatic carbocycles. The van der Waals surface area contributed by atoms with Gasteiger partial charge >= 0.3 is 10.4 Å². The normalized spacial score (nSPS) is 10.5. The maximum absolute atomic E-state index is 9.73. The Morgan fingerprint density at radius 3 is 1.58 bits per heavy atom. The standard InChI is InChI=1S/C18H15NO.CH4O4S/c20-18-13-7-12-17(14-18)19(15-8-3-1-4-9-15)16-10-5-2-6-11-16;1-5-6(2,3)4/h1-14,20H;1H3,(H,2,3,4). The second-order valence-electron chi connectivity index (χ2n) is 5.12. The number of aromatic hydroxyl groups is 1. The number of para-hydroxylation sites is 2. The summed E-state index contributed by atoms with van der Waals surface area (Å²) in [4.78, 5) is 2.11. The van der Waals surface area contributed by atoms with Crippen LogP contribution in [0.5, 0.6) is 5.75 Å². The first-order valence-corrected chi connectivity index (χ1v) is 8.99. The van der Waals surface area contributed by atoms with Gasteiger partial charge < -0.3 is 10.0 Å². The minimum Gasteiger partial charge on any atom is -0.508 e. The van der Waals surface area contributed by atoms with E-state index in [1.165, 1.54) is 0 Å². The van der Waals surface area contributed by atoms with Gasteiger partial charge in [-0.05, 0) is 36.4 Å². The number of anilines is 3. The maximum Gasteiger partial charge on any atom is 0.397 e. The third kappa shape index (κ3) is 5.89. The molecule has 0 aliphatic rings. The van der Waals surface area contributed by atoms with Crippen LogP contribution in [-0.4, -0.2) is 25.2 Å². The van der Waals surface area contributed by atoms with Crippen molar-refractivity contribution in [3.63, 3.8) is 0 Å². The van der Waals surface area contributed by atoms with Gasteiger partial charge in [-0.25, -0.2) is 0 Å². The highest BCUT2D eigenvalue weighted by Crippen LogP contribution is 2.35. The molecule has 0 fully saturated rings. The Kier molecular flexibility index (Phi) is 6.74. The van der Waals surface area contributed by atoms with Gasteiger partial charge in [-0.2, -0.15) is 8.42 Å². The fourth-order valence-electron chi connectivity index (χ4n) is 2.23. The summed E-state index contributed by atoms with van der Waals surface area (Å²) in [6.45, 7) is 0. The van der Waals surface area contributed by atoms with Crippen molar-refractivity contribution in [1.82, 2.24) is 0 Å². The molecule has 6 nitrogen and oxygen atoms in total. The van der Waals surface area contributed by atoms with Crippen molar-refractivity contribution >= 4 is 27.5 Å². The number of hydrogen-bond donors (Lipinski definition) is 2. The molecule has 0 spiro atoms. The Labute approximate surface area is 152 Å². The van der Waals surface area contributed by atoms with Gasteiger partial charge in [0.15, 0.2) is 0 Å². The summed E-state index contributed by atoms with van der Waals surface area (Å²) in [6.07, 6.45) is 0. The number of rotatable bonds is 4. The number of nitrogens with zero attached hydrogens (tertiary/aromatic N) is 1. The van der Waals surface area contributed by atoms with Crippen LogP contribution in [0.3, 0.4) is 0 Å². The van der Waals surface area contributed by atoms with Crippen LogP contribution >= 0.6 is 0 Å². The maximum atomic E-state index is 9.73. The molecule has 3 aromatic rings. The molecule has 7 heteroatoms. The monoisotopic (exact) mass is 373 g/mol. The van der Waals surface area contributed by atoms with E-state index in [2.05, 4.69) is 33.3 Å². The SMILES string of the molecule is COS(=O)(=O)O.Oc1cccc(N(c2ccccc2)c2ccccc2)c1. The average Bonchev–Trinajstić information content (AvgIpc) is 2.64. The highest BCUT2D eigenvalue weighted by atomic mass is 32.3. The van der Waals surface area contributed by atoms with Crippen LogP contribution < -0.4 is 4.90 Å². The van der Waals surface area contributed by atoms with E-state index in [1.54, 1.807) is 12.1 Å². The first-order chi connectivity index (χ1) is 12.4. The molecular weight excluding hydrogens is 354 g/mol. The zero-order valence-corrected chi connectivity index (χ0v) is 14.9. The van der Waals surface area contributed by atoms with Gasteiger partial charge in [0.05, 0.1) is 7.11 Å². The lowest BCUT2D eigenvalue weighted by atomic mass is 10.2. The van der Waals surface area contributed by atoms with Gasteiger partial charge in [-0.1, -0.05) is 42.5 Å². The van der Waals surface area contributed by atoms with Crippen molar-refractivity contribution in [1.29, 1.82) is 0 Å². The number of benzene rings is 3. The lowest BCUT2D eigenvalue weighted by molar-refractivity contribution is 0.324. The molecule has 136 valence electrons. The Bertz CT molecular complexity index is 875. The Balaban J connectivity index is 0.000000352. The molecule has 0 aromatic heterocycles. The highest BCUT2D eigenvalue weighted by molar-refractivity contribution is 7.80. The molecule has 2 N–H and O–H groups in total. The van der Waals surface area contributed by atoms with Gasteiger partial charge in [0.2, 0.25) is 0 Å². The van der Waals surface area contributed by atoms with Crippen LogP contribution in [0.25, 0.3) is 0 Å². The molecule has 0 radical (unpaired) electrons. The molecule has 0 heterocycles. The first-order valence-electron chi connectivity index (χ1n) is 7.63. The predicted octanol–water partition coefficient (Wildman–Crippen LogP) is 4.30. The molecule has 26 heavy (non-hydrogen) atoms. The summed E-state index contributed by atoms with van der Waals surface area (Å²) in [6, 6.07) is 27.5. The quantitative estimate of drug-likeness (QED) is 0.663. The van der Waals surface area contributed by atoms with Gasteiger partial charge in [0.25, 0.3) is 0 Å². The fourth-order valence-corrected chi connectivity index (χ4v) is 2.23. The van der Waals surface area contributed by atoms with Crippen molar-refractivity contribution < 1.29 is 22.3 Å². The second-order valence-corrected chi connectivity index (χ2v) is 6.31. The topological polar surface area (TPSA) is 87.1 Å². The van der Waals surface area contributed by atoms with Crippen LogP contribution in [0.4, 0.5) is 17.1 Å². The van der Waals surface area contributed by atoms with Crippen molar-refractivity contribution in [3.8, 4) is 5.75 Å². The molecule has 0 aliphatic carbocycles. The Morgan fingerprint density at radius 2 is 1.19 bits per heavy atom. The first kappa shape index (κ1) is 19.5. The molecule has 0 atom stereocenters. The van der Waals surface area contributed by atoms with E-state index >= 15 is 0 Å². The summed E-state index contributed by atoms with van der Waals surface area (Å²) >= 11 is 0. The molecular formula is C19H19NO5S. The van der Waals surface area contributed by atoms with Crippen molar-refractivity contribution in [2.24, 2.45) is 0 Å².